The Bertz CT molecular complexity index is 992. The molecule has 4 amide bonds. The number of hydrogen-bond acceptors (Lipinski definition) is 4. The van der Waals surface area contributed by atoms with Crippen LogP contribution in [0.2, 0.25) is 0 Å². The fraction of sp³-hybridized carbons (Fsp3) is 0.190. The van der Waals surface area contributed by atoms with Gasteiger partial charge in [0, 0.05) is 6.42 Å². The average Bonchev–Trinajstić information content (AvgIpc) is 2.92. The summed E-state index contributed by atoms with van der Waals surface area (Å²) < 4.78 is 5.85. The van der Waals surface area contributed by atoms with Crippen LogP contribution < -0.4 is 15.0 Å². The summed E-state index contributed by atoms with van der Waals surface area (Å²) in [4.78, 5) is 38.2. The number of nitrogens with zero attached hydrogens (tertiary/aromatic N) is 1. The van der Waals surface area contributed by atoms with Crippen LogP contribution >= 0.6 is 0 Å². The van der Waals surface area contributed by atoms with Crippen LogP contribution in [0.3, 0.4) is 0 Å². The maximum absolute atomic E-state index is 12.8. The number of fused-ring (bicyclic) bond motifs is 1. The van der Waals surface area contributed by atoms with E-state index in [1.807, 2.05) is 26.0 Å². The van der Waals surface area contributed by atoms with Gasteiger partial charge >= 0.3 is 6.03 Å². The summed E-state index contributed by atoms with van der Waals surface area (Å²) >= 11 is 0. The van der Waals surface area contributed by atoms with Crippen molar-refractivity contribution in [3.63, 3.8) is 0 Å². The maximum Gasteiger partial charge on any atom is 0.335 e. The fourth-order valence-electron chi connectivity index (χ4n) is 3.35. The molecular weight excluding hydrogens is 344 g/mol. The molecule has 1 saturated heterocycles. The van der Waals surface area contributed by atoms with Gasteiger partial charge in [0.05, 0.1) is 5.69 Å². The number of para-hydroxylation sites is 1. The highest BCUT2D eigenvalue weighted by atomic mass is 16.5. The van der Waals surface area contributed by atoms with Gasteiger partial charge in [-0.25, -0.2) is 9.69 Å². The van der Waals surface area contributed by atoms with Crippen molar-refractivity contribution in [3.05, 3.63) is 65.2 Å². The van der Waals surface area contributed by atoms with E-state index in [2.05, 4.69) is 5.32 Å². The lowest BCUT2D eigenvalue weighted by atomic mass is 9.99. The molecule has 0 spiro atoms. The Morgan fingerprint density at radius 3 is 2.56 bits per heavy atom. The molecule has 2 heterocycles. The fourth-order valence-corrected chi connectivity index (χ4v) is 3.35. The number of benzene rings is 2. The van der Waals surface area contributed by atoms with Crippen molar-refractivity contribution in [2.24, 2.45) is 0 Å². The Hall–Kier alpha value is -3.41. The molecule has 0 aromatic heterocycles. The van der Waals surface area contributed by atoms with Gasteiger partial charge in [0.25, 0.3) is 11.8 Å². The van der Waals surface area contributed by atoms with E-state index in [-0.39, 0.29) is 11.2 Å². The number of nitrogens with one attached hydrogen (secondary N) is 1. The molecule has 27 heavy (non-hydrogen) atoms. The number of rotatable bonds is 2. The first-order chi connectivity index (χ1) is 12.8. The zero-order valence-electron chi connectivity index (χ0n) is 15.0. The number of anilines is 1. The first kappa shape index (κ1) is 17.0. The second-order valence-electron chi connectivity index (χ2n) is 7.20. The minimum absolute atomic E-state index is 0.0865. The topological polar surface area (TPSA) is 75.7 Å². The number of barbiturate groups is 1. The molecule has 2 aromatic carbocycles. The number of hydrogen-bond donors (Lipinski definition) is 1. The van der Waals surface area contributed by atoms with Gasteiger partial charge in [-0.2, -0.15) is 0 Å². The number of amides is 4. The quantitative estimate of drug-likeness (QED) is 0.658. The minimum atomic E-state index is -0.752. The SMILES string of the molecule is CC1(C)Cc2cc(/C=C3/C(=O)NC(=O)N(c4ccccc4)C3=O)ccc2O1. The molecule has 136 valence electrons. The first-order valence-electron chi connectivity index (χ1n) is 8.62. The van der Waals surface area contributed by atoms with E-state index >= 15 is 0 Å². The Labute approximate surface area is 156 Å². The van der Waals surface area contributed by atoms with Crippen LogP contribution in [-0.4, -0.2) is 23.4 Å². The van der Waals surface area contributed by atoms with Crippen LogP contribution in [0, 0.1) is 0 Å². The van der Waals surface area contributed by atoms with Gasteiger partial charge in [-0.05, 0) is 55.3 Å². The summed E-state index contributed by atoms with van der Waals surface area (Å²) in [6.45, 7) is 4.01. The second-order valence-corrected chi connectivity index (χ2v) is 7.20. The summed E-state index contributed by atoms with van der Waals surface area (Å²) in [6.07, 6.45) is 2.25. The number of carbonyl (C=O) groups is 3. The van der Waals surface area contributed by atoms with E-state index in [1.54, 1.807) is 36.4 Å². The van der Waals surface area contributed by atoms with E-state index in [4.69, 9.17) is 4.74 Å². The summed E-state index contributed by atoms with van der Waals surface area (Å²) in [5.74, 6) is -0.538. The molecule has 0 atom stereocenters. The maximum atomic E-state index is 12.8. The molecule has 0 bridgehead atoms. The highest BCUT2D eigenvalue weighted by Gasteiger charge is 2.37. The molecular formula is C21H18N2O4. The molecule has 0 unspecified atom stereocenters. The highest BCUT2D eigenvalue weighted by molar-refractivity contribution is 6.39. The molecule has 2 aliphatic heterocycles. The van der Waals surface area contributed by atoms with Crippen LogP contribution in [-0.2, 0) is 16.0 Å². The third kappa shape index (κ3) is 3.10. The molecule has 2 aromatic rings. The summed E-state index contributed by atoms with van der Waals surface area (Å²) in [5, 5.41) is 2.23. The van der Waals surface area contributed by atoms with Crippen molar-refractivity contribution in [1.82, 2.24) is 5.32 Å². The van der Waals surface area contributed by atoms with E-state index in [0.29, 0.717) is 11.3 Å². The lowest BCUT2D eigenvalue weighted by Gasteiger charge is -2.26. The predicted molar refractivity (Wildman–Crippen MR) is 100 cm³/mol. The monoisotopic (exact) mass is 362 g/mol. The molecule has 1 fully saturated rings. The van der Waals surface area contributed by atoms with Crippen LogP contribution in [0.1, 0.15) is 25.0 Å². The smallest absolute Gasteiger partial charge is 0.335 e. The standard InChI is InChI=1S/C21H18N2O4/c1-21(2)12-14-10-13(8-9-17(14)27-21)11-16-18(24)22-20(26)23(19(16)25)15-6-4-3-5-7-15/h3-11H,12H2,1-2H3,(H,22,24,26)/b16-11-. The number of urea groups is 1. The van der Waals surface area contributed by atoms with Gasteiger partial charge < -0.3 is 4.74 Å². The summed E-state index contributed by atoms with van der Waals surface area (Å²) in [6, 6.07) is 13.3. The van der Waals surface area contributed by atoms with E-state index in [9.17, 15) is 14.4 Å². The molecule has 1 N–H and O–H groups in total. The van der Waals surface area contributed by atoms with Gasteiger partial charge in [0.1, 0.15) is 16.9 Å². The first-order valence-corrected chi connectivity index (χ1v) is 8.62. The molecule has 6 heteroatoms. The molecule has 4 rings (SSSR count). The van der Waals surface area contributed by atoms with Crippen molar-refractivity contribution < 1.29 is 19.1 Å². The summed E-state index contributed by atoms with van der Waals surface area (Å²) in [5.41, 5.74) is 1.77. The van der Waals surface area contributed by atoms with Crippen LogP contribution in [0.5, 0.6) is 5.75 Å². The third-order valence-corrected chi connectivity index (χ3v) is 4.51. The molecule has 0 saturated carbocycles. The molecule has 0 radical (unpaired) electrons. The van der Waals surface area contributed by atoms with E-state index in [0.717, 1.165) is 22.6 Å². The van der Waals surface area contributed by atoms with Gasteiger partial charge in [0.2, 0.25) is 0 Å². The van der Waals surface area contributed by atoms with Gasteiger partial charge in [-0.3, -0.25) is 14.9 Å². The molecule has 0 aliphatic carbocycles. The van der Waals surface area contributed by atoms with Crippen LogP contribution in [0.4, 0.5) is 10.5 Å². The lowest BCUT2D eigenvalue weighted by molar-refractivity contribution is -0.122. The highest BCUT2D eigenvalue weighted by Crippen LogP contribution is 2.35. The van der Waals surface area contributed by atoms with Crippen molar-refractivity contribution in [2.45, 2.75) is 25.9 Å². The van der Waals surface area contributed by atoms with E-state index < -0.39 is 17.8 Å². The molecule has 2 aliphatic rings. The minimum Gasteiger partial charge on any atom is -0.487 e. The van der Waals surface area contributed by atoms with Crippen LogP contribution in [0.15, 0.2) is 54.1 Å². The Kier molecular flexibility index (Phi) is 3.84. The Morgan fingerprint density at radius 2 is 1.81 bits per heavy atom. The number of carbonyl (C=O) groups excluding carboxylic acids is 3. The second kappa shape index (κ2) is 6.09. The van der Waals surface area contributed by atoms with Gasteiger partial charge in [-0.1, -0.05) is 24.3 Å². The van der Waals surface area contributed by atoms with Crippen molar-refractivity contribution in [3.8, 4) is 5.75 Å². The number of imide groups is 2. The summed E-state index contributed by atoms with van der Waals surface area (Å²) in [7, 11) is 0. The van der Waals surface area contributed by atoms with Crippen molar-refractivity contribution in [1.29, 1.82) is 0 Å². The van der Waals surface area contributed by atoms with Crippen molar-refractivity contribution in [2.75, 3.05) is 4.90 Å². The largest absolute Gasteiger partial charge is 0.487 e. The predicted octanol–water partition coefficient (Wildman–Crippen LogP) is 3.07. The van der Waals surface area contributed by atoms with Gasteiger partial charge in [-0.15, -0.1) is 0 Å². The van der Waals surface area contributed by atoms with Crippen LogP contribution in [0.25, 0.3) is 6.08 Å². The zero-order chi connectivity index (χ0) is 19.2. The average molecular weight is 362 g/mol. The zero-order valence-corrected chi connectivity index (χ0v) is 15.0. The number of ether oxygens (including phenoxy) is 1. The lowest BCUT2D eigenvalue weighted by Crippen LogP contribution is -2.54. The molecule has 6 nitrogen and oxygen atoms in total. The Morgan fingerprint density at radius 1 is 1.07 bits per heavy atom. The van der Waals surface area contributed by atoms with Gasteiger partial charge in [0.15, 0.2) is 0 Å². The normalized spacial score (nSPS) is 19.7. The van der Waals surface area contributed by atoms with Crippen molar-refractivity contribution >= 4 is 29.6 Å². The third-order valence-electron chi connectivity index (χ3n) is 4.51. The Balaban J connectivity index is 1.70. The van der Waals surface area contributed by atoms with E-state index in [1.165, 1.54) is 6.08 Å².